The van der Waals surface area contributed by atoms with Crippen molar-refractivity contribution in [1.82, 2.24) is 4.98 Å². The number of hydrogen-bond acceptors (Lipinski definition) is 2. The van der Waals surface area contributed by atoms with Crippen LogP contribution in [0.15, 0.2) is 6.07 Å². The van der Waals surface area contributed by atoms with E-state index in [4.69, 9.17) is 23.2 Å². The fourth-order valence-electron chi connectivity index (χ4n) is 1.69. The molecular weight excluding hydrogens is 243 g/mol. The van der Waals surface area contributed by atoms with E-state index < -0.39 is 0 Å². The molecule has 90 valence electrons. The summed E-state index contributed by atoms with van der Waals surface area (Å²) in [5.41, 5.74) is 1.93. The molecule has 0 radical (unpaired) electrons. The minimum atomic E-state index is 0.402. The van der Waals surface area contributed by atoms with Gasteiger partial charge in [0.1, 0.15) is 5.15 Å². The molecule has 1 rings (SSSR count). The van der Waals surface area contributed by atoms with Gasteiger partial charge in [0, 0.05) is 6.04 Å². The third-order valence-electron chi connectivity index (χ3n) is 2.72. The van der Waals surface area contributed by atoms with Crippen molar-refractivity contribution in [2.24, 2.45) is 5.92 Å². The van der Waals surface area contributed by atoms with Gasteiger partial charge in [-0.15, -0.1) is 0 Å². The molecule has 1 heterocycles. The molecule has 0 aromatic carbocycles. The Bertz CT molecular complexity index is 341. The van der Waals surface area contributed by atoms with Crippen LogP contribution in [0.2, 0.25) is 10.3 Å². The summed E-state index contributed by atoms with van der Waals surface area (Å²) in [6, 6.07) is 2.22. The molecule has 0 aliphatic carbocycles. The van der Waals surface area contributed by atoms with Crippen LogP contribution in [0.5, 0.6) is 0 Å². The number of hydrogen-bond donors (Lipinski definition) is 1. The summed E-state index contributed by atoms with van der Waals surface area (Å²) in [5, 5.41) is 4.32. The van der Waals surface area contributed by atoms with Crippen LogP contribution in [0.4, 0.5) is 5.69 Å². The lowest BCUT2D eigenvalue weighted by atomic mass is 10.0. The normalized spacial score (nSPS) is 12.9. The minimum absolute atomic E-state index is 0.402. The van der Waals surface area contributed by atoms with Gasteiger partial charge in [-0.2, -0.15) is 0 Å². The van der Waals surface area contributed by atoms with E-state index in [-0.39, 0.29) is 0 Å². The van der Waals surface area contributed by atoms with Crippen molar-refractivity contribution < 1.29 is 0 Å². The van der Waals surface area contributed by atoms with Crippen LogP contribution in [0.3, 0.4) is 0 Å². The summed E-state index contributed by atoms with van der Waals surface area (Å²) in [7, 11) is 0. The first-order valence-electron chi connectivity index (χ1n) is 5.54. The number of aryl methyl sites for hydroxylation is 1. The van der Waals surface area contributed by atoms with Crippen molar-refractivity contribution in [2.45, 2.75) is 40.2 Å². The Hall–Kier alpha value is -0.470. The van der Waals surface area contributed by atoms with Crippen molar-refractivity contribution in [2.75, 3.05) is 5.32 Å². The lowest BCUT2D eigenvalue weighted by molar-refractivity contribution is 0.511. The van der Waals surface area contributed by atoms with Crippen molar-refractivity contribution in [3.05, 3.63) is 21.9 Å². The molecule has 1 aromatic heterocycles. The molecule has 2 nitrogen and oxygen atoms in total. The van der Waals surface area contributed by atoms with Crippen LogP contribution >= 0.6 is 23.2 Å². The Labute approximate surface area is 107 Å². The van der Waals surface area contributed by atoms with Crippen LogP contribution in [0.1, 0.15) is 32.8 Å². The monoisotopic (exact) mass is 260 g/mol. The van der Waals surface area contributed by atoms with Crippen LogP contribution in [0, 0.1) is 12.8 Å². The van der Waals surface area contributed by atoms with Crippen molar-refractivity contribution in [1.29, 1.82) is 0 Å². The molecule has 4 heteroatoms. The number of nitrogens with zero attached hydrogens (tertiary/aromatic N) is 1. The van der Waals surface area contributed by atoms with Gasteiger partial charge in [-0.1, -0.05) is 44.0 Å². The second kappa shape index (κ2) is 5.74. The SMILES string of the molecule is CCC(Nc1c(C)cc(Cl)nc1Cl)C(C)C. The first-order valence-corrected chi connectivity index (χ1v) is 6.30. The molecule has 0 bridgehead atoms. The van der Waals surface area contributed by atoms with Gasteiger partial charge in [-0.25, -0.2) is 4.98 Å². The maximum Gasteiger partial charge on any atom is 0.154 e. The Morgan fingerprint density at radius 2 is 2.00 bits per heavy atom. The summed E-state index contributed by atoms with van der Waals surface area (Å²) < 4.78 is 0. The number of pyridine rings is 1. The van der Waals surface area contributed by atoms with E-state index >= 15 is 0 Å². The Kier molecular flexibility index (Phi) is 4.88. The third kappa shape index (κ3) is 3.26. The number of aromatic nitrogens is 1. The fraction of sp³-hybridized carbons (Fsp3) is 0.583. The molecule has 0 saturated carbocycles. The third-order valence-corrected chi connectivity index (χ3v) is 3.18. The lowest BCUT2D eigenvalue weighted by Gasteiger charge is -2.23. The van der Waals surface area contributed by atoms with E-state index in [0.29, 0.717) is 22.3 Å². The molecule has 1 aromatic rings. The lowest BCUT2D eigenvalue weighted by Crippen LogP contribution is -2.25. The topological polar surface area (TPSA) is 24.9 Å². The summed E-state index contributed by atoms with van der Waals surface area (Å²) >= 11 is 11.9. The zero-order valence-electron chi connectivity index (χ0n) is 10.1. The predicted octanol–water partition coefficient (Wildman–Crippen LogP) is 4.54. The number of rotatable bonds is 4. The Morgan fingerprint density at radius 3 is 2.44 bits per heavy atom. The predicted molar refractivity (Wildman–Crippen MR) is 71.5 cm³/mol. The van der Waals surface area contributed by atoms with Crippen molar-refractivity contribution >= 4 is 28.9 Å². The van der Waals surface area contributed by atoms with Crippen LogP contribution in [0.25, 0.3) is 0 Å². The molecule has 16 heavy (non-hydrogen) atoms. The smallest absolute Gasteiger partial charge is 0.154 e. The van der Waals surface area contributed by atoms with Gasteiger partial charge < -0.3 is 5.32 Å². The van der Waals surface area contributed by atoms with Crippen LogP contribution < -0.4 is 5.32 Å². The summed E-state index contributed by atoms with van der Waals surface area (Å²) in [6.07, 6.45) is 1.05. The van der Waals surface area contributed by atoms with Gasteiger partial charge in [0.25, 0.3) is 0 Å². The zero-order valence-corrected chi connectivity index (χ0v) is 11.7. The molecule has 1 unspecified atom stereocenters. The summed E-state index contributed by atoms with van der Waals surface area (Å²) in [6.45, 7) is 8.51. The van der Waals surface area contributed by atoms with Crippen LogP contribution in [-0.2, 0) is 0 Å². The highest BCUT2D eigenvalue weighted by Gasteiger charge is 2.15. The average molecular weight is 261 g/mol. The highest BCUT2D eigenvalue weighted by Crippen LogP contribution is 2.28. The molecule has 0 saturated heterocycles. The van der Waals surface area contributed by atoms with E-state index in [2.05, 4.69) is 31.1 Å². The molecule has 0 aliphatic rings. The molecule has 0 aliphatic heterocycles. The second-order valence-electron chi connectivity index (χ2n) is 4.33. The molecule has 0 amide bonds. The van der Waals surface area contributed by atoms with E-state index in [9.17, 15) is 0 Å². The molecule has 0 fully saturated rings. The first-order chi connectivity index (χ1) is 7.45. The van der Waals surface area contributed by atoms with Crippen molar-refractivity contribution in [3.8, 4) is 0 Å². The summed E-state index contributed by atoms with van der Waals surface area (Å²) in [4.78, 5) is 4.05. The number of nitrogens with one attached hydrogen (secondary N) is 1. The molecule has 0 spiro atoms. The van der Waals surface area contributed by atoms with Gasteiger partial charge in [0.2, 0.25) is 0 Å². The molecular formula is C12H18Cl2N2. The van der Waals surface area contributed by atoms with E-state index in [1.165, 1.54) is 0 Å². The maximum absolute atomic E-state index is 6.08. The number of anilines is 1. The van der Waals surface area contributed by atoms with Gasteiger partial charge in [-0.05, 0) is 30.9 Å². The van der Waals surface area contributed by atoms with E-state index in [0.717, 1.165) is 17.7 Å². The van der Waals surface area contributed by atoms with Gasteiger partial charge >= 0.3 is 0 Å². The largest absolute Gasteiger partial charge is 0.379 e. The Morgan fingerprint density at radius 1 is 1.38 bits per heavy atom. The number of halogens is 2. The van der Waals surface area contributed by atoms with Crippen molar-refractivity contribution in [3.63, 3.8) is 0 Å². The average Bonchev–Trinajstić information content (AvgIpc) is 2.15. The highest BCUT2D eigenvalue weighted by molar-refractivity contribution is 6.34. The summed E-state index contributed by atoms with van der Waals surface area (Å²) in [5.74, 6) is 0.552. The van der Waals surface area contributed by atoms with Gasteiger partial charge in [0.05, 0.1) is 5.69 Å². The quantitative estimate of drug-likeness (QED) is 0.804. The molecule has 1 atom stereocenters. The zero-order chi connectivity index (χ0) is 12.3. The maximum atomic E-state index is 6.08. The molecule has 1 N–H and O–H groups in total. The van der Waals surface area contributed by atoms with Gasteiger partial charge in [-0.3, -0.25) is 0 Å². The second-order valence-corrected chi connectivity index (χ2v) is 5.08. The van der Waals surface area contributed by atoms with E-state index in [1.54, 1.807) is 0 Å². The minimum Gasteiger partial charge on any atom is -0.379 e. The first kappa shape index (κ1) is 13.6. The van der Waals surface area contributed by atoms with Gasteiger partial charge in [0.15, 0.2) is 5.15 Å². The fourth-order valence-corrected chi connectivity index (χ4v) is 2.28. The standard InChI is InChI=1S/C12H18Cl2N2/c1-5-9(7(2)3)15-11-8(4)6-10(13)16-12(11)14/h6-7,9,15H,5H2,1-4H3. The highest BCUT2D eigenvalue weighted by atomic mass is 35.5. The van der Waals surface area contributed by atoms with E-state index in [1.807, 2.05) is 13.0 Å². The van der Waals surface area contributed by atoms with Crippen LogP contribution in [-0.4, -0.2) is 11.0 Å². The Balaban J connectivity index is 2.96.